The number of halogens is 2. The van der Waals surface area contributed by atoms with Crippen molar-refractivity contribution in [2.45, 2.75) is 6.61 Å². The third kappa shape index (κ3) is 4.28. The summed E-state index contributed by atoms with van der Waals surface area (Å²) >= 11 is 0. The number of nitriles is 1. The number of carbonyl (C=O) groups excluding carboxylic acids is 1. The van der Waals surface area contributed by atoms with Gasteiger partial charge in [-0.25, -0.2) is 13.5 Å². The van der Waals surface area contributed by atoms with Crippen molar-refractivity contribution in [1.29, 1.82) is 5.26 Å². The second-order valence-corrected chi connectivity index (χ2v) is 6.35. The van der Waals surface area contributed by atoms with Gasteiger partial charge in [0.15, 0.2) is 23.1 Å². The first kappa shape index (κ1) is 19.8. The number of carbonyl (C=O) groups is 1. The molecule has 0 radical (unpaired) electrons. The highest BCUT2D eigenvalue weighted by Gasteiger charge is 2.18. The average molecular weight is 420 g/mol. The quantitative estimate of drug-likeness (QED) is 0.498. The van der Waals surface area contributed by atoms with Gasteiger partial charge in [0.25, 0.3) is 5.91 Å². The van der Waals surface area contributed by atoms with Crippen LogP contribution in [0.3, 0.4) is 0 Å². The van der Waals surface area contributed by atoms with Gasteiger partial charge in [0, 0.05) is 6.07 Å². The summed E-state index contributed by atoms with van der Waals surface area (Å²) in [7, 11) is 0. The third-order valence-corrected chi connectivity index (χ3v) is 4.27. The molecule has 2 heterocycles. The van der Waals surface area contributed by atoms with Crippen molar-refractivity contribution >= 4 is 11.7 Å². The lowest BCUT2D eigenvalue weighted by Gasteiger charge is -2.08. The van der Waals surface area contributed by atoms with E-state index < -0.39 is 17.5 Å². The number of amides is 1. The highest BCUT2D eigenvalue weighted by Crippen LogP contribution is 2.22. The van der Waals surface area contributed by atoms with Crippen LogP contribution in [0.25, 0.3) is 5.69 Å². The molecule has 0 aliphatic heterocycles. The molecule has 0 unspecified atom stereocenters. The van der Waals surface area contributed by atoms with Gasteiger partial charge in [-0.2, -0.15) is 10.4 Å². The first-order valence-electron chi connectivity index (χ1n) is 9.06. The smallest absolute Gasteiger partial charge is 0.292 e. The van der Waals surface area contributed by atoms with Crippen LogP contribution in [0.1, 0.15) is 21.9 Å². The van der Waals surface area contributed by atoms with Gasteiger partial charge in [-0.3, -0.25) is 4.79 Å². The summed E-state index contributed by atoms with van der Waals surface area (Å²) in [5.41, 5.74) is 0.841. The number of rotatable bonds is 6. The number of nitrogens with zero attached hydrogens (tertiary/aromatic N) is 3. The van der Waals surface area contributed by atoms with Gasteiger partial charge in [0.05, 0.1) is 11.9 Å². The van der Waals surface area contributed by atoms with E-state index in [1.807, 2.05) is 12.1 Å². The summed E-state index contributed by atoms with van der Waals surface area (Å²) in [4.78, 5) is 12.6. The third-order valence-electron chi connectivity index (χ3n) is 4.27. The van der Waals surface area contributed by atoms with Gasteiger partial charge in [0.1, 0.15) is 29.8 Å². The summed E-state index contributed by atoms with van der Waals surface area (Å²) in [5, 5.41) is 16.1. The van der Waals surface area contributed by atoms with E-state index in [0.29, 0.717) is 11.8 Å². The van der Waals surface area contributed by atoms with Crippen LogP contribution in [0.5, 0.6) is 5.75 Å². The van der Waals surface area contributed by atoms with Gasteiger partial charge in [-0.1, -0.05) is 18.2 Å². The molecule has 1 N–H and O–H groups in total. The maximum absolute atomic E-state index is 13.7. The minimum absolute atomic E-state index is 0.0390. The number of para-hydroxylation sites is 1. The van der Waals surface area contributed by atoms with Crippen molar-refractivity contribution in [3.05, 3.63) is 95.6 Å². The lowest BCUT2D eigenvalue weighted by molar-refractivity contribution is 0.0991. The predicted molar refractivity (Wildman–Crippen MR) is 106 cm³/mol. The van der Waals surface area contributed by atoms with Crippen molar-refractivity contribution in [1.82, 2.24) is 9.78 Å². The predicted octanol–water partition coefficient (Wildman–Crippen LogP) is 4.45. The first-order valence-corrected chi connectivity index (χ1v) is 9.06. The topological polar surface area (TPSA) is 93.1 Å². The summed E-state index contributed by atoms with van der Waals surface area (Å²) in [6.45, 7) is -0.165. The highest BCUT2D eigenvalue weighted by atomic mass is 19.1. The van der Waals surface area contributed by atoms with Crippen LogP contribution in [0.2, 0.25) is 0 Å². The van der Waals surface area contributed by atoms with E-state index in [1.165, 1.54) is 23.0 Å². The summed E-state index contributed by atoms with van der Waals surface area (Å²) in [6, 6.07) is 16.8. The summed E-state index contributed by atoms with van der Waals surface area (Å²) in [6.07, 6.45) is 1.35. The molecule has 2 aromatic carbocycles. The Labute approximate surface area is 175 Å². The number of ether oxygens (including phenoxy) is 1. The van der Waals surface area contributed by atoms with Gasteiger partial charge < -0.3 is 14.5 Å². The van der Waals surface area contributed by atoms with Crippen molar-refractivity contribution in [3.63, 3.8) is 0 Å². The Balaban J connectivity index is 1.49. The number of nitrogens with one attached hydrogen (secondary N) is 1. The molecule has 0 aliphatic rings. The van der Waals surface area contributed by atoms with Crippen molar-refractivity contribution in [2.75, 3.05) is 5.32 Å². The zero-order valence-corrected chi connectivity index (χ0v) is 15.9. The molecule has 4 aromatic rings. The lowest BCUT2D eigenvalue weighted by atomic mass is 10.3. The second kappa shape index (κ2) is 8.51. The van der Waals surface area contributed by atoms with Crippen molar-refractivity contribution in [2.24, 2.45) is 0 Å². The van der Waals surface area contributed by atoms with E-state index in [2.05, 4.69) is 10.4 Å². The molecule has 0 saturated carbocycles. The number of hydrogen-bond donors (Lipinski definition) is 1. The number of hydrogen-bond acceptors (Lipinski definition) is 5. The summed E-state index contributed by atoms with van der Waals surface area (Å²) in [5.74, 6) is -1.89. The SMILES string of the molecule is N#Cc1cnn(-c2ccccc2)c1NC(=O)c1ccc(COc2ccc(F)cc2F)o1. The average Bonchev–Trinajstić information content (AvgIpc) is 3.41. The molecule has 0 aliphatic carbocycles. The molecule has 0 spiro atoms. The molecule has 0 saturated heterocycles. The Morgan fingerprint density at radius 2 is 1.97 bits per heavy atom. The van der Waals surface area contributed by atoms with Crippen LogP contribution >= 0.6 is 0 Å². The van der Waals surface area contributed by atoms with Crippen LogP contribution in [-0.4, -0.2) is 15.7 Å². The lowest BCUT2D eigenvalue weighted by Crippen LogP contribution is -2.15. The maximum atomic E-state index is 13.7. The molecule has 4 rings (SSSR count). The van der Waals surface area contributed by atoms with E-state index in [0.717, 1.165) is 12.1 Å². The Kier molecular flexibility index (Phi) is 5.45. The molecule has 0 fully saturated rings. The Morgan fingerprint density at radius 3 is 2.71 bits per heavy atom. The zero-order chi connectivity index (χ0) is 21.8. The normalized spacial score (nSPS) is 10.5. The van der Waals surface area contributed by atoms with Gasteiger partial charge >= 0.3 is 0 Å². The van der Waals surface area contributed by atoms with Crippen LogP contribution in [0.4, 0.5) is 14.6 Å². The molecule has 1 amide bonds. The monoisotopic (exact) mass is 420 g/mol. The zero-order valence-electron chi connectivity index (χ0n) is 15.9. The number of benzene rings is 2. The molecule has 7 nitrogen and oxygen atoms in total. The van der Waals surface area contributed by atoms with Gasteiger partial charge in [-0.15, -0.1) is 0 Å². The Morgan fingerprint density at radius 1 is 1.16 bits per heavy atom. The number of anilines is 1. The largest absolute Gasteiger partial charge is 0.483 e. The summed E-state index contributed by atoms with van der Waals surface area (Å²) < 4.78 is 38.8. The fourth-order valence-electron chi connectivity index (χ4n) is 2.80. The van der Waals surface area contributed by atoms with Crippen molar-refractivity contribution in [3.8, 4) is 17.5 Å². The van der Waals surface area contributed by atoms with Crippen LogP contribution < -0.4 is 10.1 Å². The Bertz CT molecular complexity index is 1280. The van der Waals surface area contributed by atoms with Crippen LogP contribution in [-0.2, 0) is 6.61 Å². The molecule has 0 atom stereocenters. The number of aromatic nitrogens is 2. The fraction of sp³-hybridized carbons (Fsp3) is 0.0455. The first-order chi connectivity index (χ1) is 15.0. The molecule has 9 heteroatoms. The van der Waals surface area contributed by atoms with Crippen molar-refractivity contribution < 1.29 is 22.7 Å². The van der Waals surface area contributed by atoms with Crippen LogP contribution in [0, 0.1) is 23.0 Å². The minimum atomic E-state index is -0.845. The van der Waals surface area contributed by atoms with E-state index in [4.69, 9.17) is 9.15 Å². The van der Waals surface area contributed by atoms with Gasteiger partial charge in [-0.05, 0) is 36.4 Å². The Hall–Kier alpha value is -4.45. The number of furan rings is 1. The molecule has 0 bridgehead atoms. The van der Waals surface area contributed by atoms with Crippen LogP contribution in [0.15, 0.2) is 71.3 Å². The fourth-order valence-corrected chi connectivity index (χ4v) is 2.80. The second-order valence-electron chi connectivity index (χ2n) is 6.35. The van der Waals surface area contributed by atoms with E-state index in [9.17, 15) is 18.8 Å². The van der Waals surface area contributed by atoms with Gasteiger partial charge in [0.2, 0.25) is 0 Å². The van der Waals surface area contributed by atoms with E-state index in [-0.39, 0.29) is 35.3 Å². The standard InChI is InChI=1S/C22H14F2N4O3/c23-15-6-8-19(18(24)10-15)30-13-17-7-9-20(31-17)22(29)27-21-14(11-25)12-26-28(21)16-4-2-1-3-5-16/h1-10,12H,13H2,(H,27,29). The molecule has 31 heavy (non-hydrogen) atoms. The molecule has 2 aromatic heterocycles. The maximum Gasteiger partial charge on any atom is 0.292 e. The highest BCUT2D eigenvalue weighted by molar-refractivity contribution is 6.02. The van der Waals surface area contributed by atoms with E-state index >= 15 is 0 Å². The minimum Gasteiger partial charge on any atom is -0.483 e. The molecule has 154 valence electrons. The molecular formula is C22H14F2N4O3. The van der Waals surface area contributed by atoms with E-state index in [1.54, 1.807) is 24.3 Å². The molecular weight excluding hydrogens is 406 g/mol.